The van der Waals surface area contributed by atoms with E-state index in [9.17, 15) is 4.79 Å². The fourth-order valence-electron chi connectivity index (χ4n) is 1.28. The smallest absolute Gasteiger partial charge is 0.323 e. The second kappa shape index (κ2) is 3.41. The summed E-state index contributed by atoms with van der Waals surface area (Å²) in [5.41, 5.74) is 0. The van der Waals surface area contributed by atoms with Crippen LogP contribution in [0.2, 0.25) is 0 Å². The highest BCUT2D eigenvalue weighted by atomic mass is 16.5. The van der Waals surface area contributed by atoms with E-state index in [2.05, 4.69) is 5.32 Å². The van der Waals surface area contributed by atoms with E-state index in [4.69, 9.17) is 9.84 Å². The quantitative estimate of drug-likeness (QED) is 0.635. The van der Waals surface area contributed by atoms with Crippen LogP contribution in [0.1, 0.15) is 20.8 Å². The molecule has 3 atom stereocenters. The lowest BCUT2D eigenvalue weighted by Crippen LogP contribution is -2.40. The molecular weight excluding hydrogens is 158 g/mol. The Kier molecular flexibility index (Phi) is 2.69. The normalized spacial score (nSPS) is 35.8. The van der Waals surface area contributed by atoms with Crippen LogP contribution in [0.25, 0.3) is 0 Å². The van der Waals surface area contributed by atoms with Crippen LogP contribution in [-0.2, 0) is 9.53 Å². The first-order valence-corrected chi connectivity index (χ1v) is 4.16. The lowest BCUT2D eigenvalue weighted by Gasteiger charge is -2.13. The predicted octanol–water partition coefficient (Wildman–Crippen LogP) is 0.430. The monoisotopic (exact) mass is 173 g/mol. The van der Waals surface area contributed by atoms with Crippen molar-refractivity contribution in [3.63, 3.8) is 0 Å². The van der Waals surface area contributed by atoms with Crippen molar-refractivity contribution in [2.75, 3.05) is 0 Å². The van der Waals surface area contributed by atoms with Crippen molar-refractivity contribution >= 4 is 5.97 Å². The lowest BCUT2D eigenvalue weighted by molar-refractivity contribution is -0.140. The van der Waals surface area contributed by atoms with E-state index in [1.165, 1.54) is 0 Å². The van der Waals surface area contributed by atoms with Crippen LogP contribution >= 0.6 is 0 Å². The zero-order valence-electron chi connectivity index (χ0n) is 7.57. The van der Waals surface area contributed by atoms with Crippen molar-refractivity contribution in [1.29, 1.82) is 0 Å². The molecule has 70 valence electrons. The molecule has 4 nitrogen and oxygen atoms in total. The van der Waals surface area contributed by atoms with Gasteiger partial charge in [-0.25, -0.2) is 0 Å². The molecule has 0 aromatic carbocycles. The van der Waals surface area contributed by atoms with E-state index in [0.29, 0.717) is 5.92 Å². The standard InChI is InChI=1S/C8H15NO3/c1-4(2)7-9-6(8(10)11)5(3)12-7/h4-7,9H,1-3H3,(H,10,11)/t5-,6+,7?/m1/s1. The number of aliphatic carboxylic acids is 1. The minimum absolute atomic E-state index is 0.124. The zero-order chi connectivity index (χ0) is 9.30. The Labute approximate surface area is 71.9 Å². The molecule has 0 radical (unpaired) electrons. The number of carboxylic acids is 1. The molecule has 4 heteroatoms. The van der Waals surface area contributed by atoms with E-state index in [0.717, 1.165) is 0 Å². The summed E-state index contributed by atoms with van der Waals surface area (Å²) >= 11 is 0. The molecule has 0 bridgehead atoms. The molecule has 0 saturated carbocycles. The highest BCUT2D eigenvalue weighted by Gasteiger charge is 2.37. The highest BCUT2D eigenvalue weighted by molar-refractivity contribution is 5.74. The maximum atomic E-state index is 10.6. The maximum Gasteiger partial charge on any atom is 0.323 e. The van der Waals surface area contributed by atoms with Crippen LogP contribution in [0.4, 0.5) is 0 Å². The topological polar surface area (TPSA) is 58.6 Å². The molecular formula is C8H15NO3. The Balaban J connectivity index is 2.56. The molecule has 1 heterocycles. The van der Waals surface area contributed by atoms with E-state index < -0.39 is 12.0 Å². The van der Waals surface area contributed by atoms with Crippen molar-refractivity contribution in [1.82, 2.24) is 5.32 Å². The highest BCUT2D eigenvalue weighted by Crippen LogP contribution is 2.17. The van der Waals surface area contributed by atoms with Gasteiger partial charge in [0.05, 0.1) is 6.10 Å². The van der Waals surface area contributed by atoms with Gasteiger partial charge in [0, 0.05) is 0 Å². The van der Waals surface area contributed by atoms with Gasteiger partial charge in [-0.15, -0.1) is 0 Å². The molecule has 1 fully saturated rings. The number of hydrogen-bond donors (Lipinski definition) is 2. The zero-order valence-corrected chi connectivity index (χ0v) is 7.57. The SMILES string of the molecule is CC(C)C1N[C@H](C(=O)O)[C@@H](C)O1. The van der Waals surface area contributed by atoms with Crippen molar-refractivity contribution in [2.24, 2.45) is 5.92 Å². The Morgan fingerprint density at radius 1 is 1.58 bits per heavy atom. The van der Waals surface area contributed by atoms with Crippen molar-refractivity contribution in [2.45, 2.75) is 39.1 Å². The van der Waals surface area contributed by atoms with Gasteiger partial charge in [-0.2, -0.15) is 0 Å². The number of carboxylic acid groups (broad SMARTS) is 1. The van der Waals surface area contributed by atoms with E-state index >= 15 is 0 Å². The molecule has 1 aliphatic heterocycles. The summed E-state index contributed by atoms with van der Waals surface area (Å²) in [6, 6.07) is -0.558. The van der Waals surface area contributed by atoms with Gasteiger partial charge in [-0.1, -0.05) is 13.8 Å². The Morgan fingerprint density at radius 2 is 2.17 bits per heavy atom. The van der Waals surface area contributed by atoms with Gasteiger partial charge < -0.3 is 9.84 Å². The van der Waals surface area contributed by atoms with Crippen molar-refractivity contribution < 1.29 is 14.6 Å². The van der Waals surface area contributed by atoms with Crippen LogP contribution in [-0.4, -0.2) is 29.4 Å². The van der Waals surface area contributed by atoms with Gasteiger partial charge in [-0.05, 0) is 12.8 Å². The van der Waals surface area contributed by atoms with Gasteiger partial charge in [0.15, 0.2) is 0 Å². The fraction of sp³-hybridized carbons (Fsp3) is 0.875. The van der Waals surface area contributed by atoms with Crippen LogP contribution < -0.4 is 5.32 Å². The molecule has 0 aromatic heterocycles. The number of rotatable bonds is 2. The van der Waals surface area contributed by atoms with Crippen LogP contribution in [0.15, 0.2) is 0 Å². The Bertz CT molecular complexity index is 181. The fourth-order valence-corrected chi connectivity index (χ4v) is 1.28. The lowest BCUT2D eigenvalue weighted by atomic mass is 10.2. The molecule has 2 N–H and O–H groups in total. The Hall–Kier alpha value is -0.610. The molecule has 0 spiro atoms. The van der Waals surface area contributed by atoms with Gasteiger partial charge in [0.1, 0.15) is 12.3 Å². The number of nitrogens with one attached hydrogen (secondary N) is 1. The van der Waals surface area contributed by atoms with Gasteiger partial charge in [-0.3, -0.25) is 10.1 Å². The molecule has 0 aliphatic carbocycles. The first-order valence-electron chi connectivity index (χ1n) is 4.16. The average molecular weight is 173 g/mol. The van der Waals surface area contributed by atoms with E-state index in [-0.39, 0.29) is 12.3 Å². The molecule has 0 amide bonds. The summed E-state index contributed by atoms with van der Waals surface area (Å²) in [5.74, 6) is -0.539. The first-order chi connectivity index (χ1) is 5.52. The summed E-state index contributed by atoms with van der Waals surface area (Å²) in [7, 11) is 0. The second-order valence-electron chi connectivity index (χ2n) is 3.49. The molecule has 0 aromatic rings. The Morgan fingerprint density at radius 3 is 2.42 bits per heavy atom. The summed E-state index contributed by atoms with van der Waals surface area (Å²) in [4.78, 5) is 10.6. The van der Waals surface area contributed by atoms with Crippen molar-refractivity contribution in [3.05, 3.63) is 0 Å². The van der Waals surface area contributed by atoms with Crippen molar-refractivity contribution in [3.8, 4) is 0 Å². The summed E-state index contributed by atoms with van der Waals surface area (Å²) in [5, 5.41) is 11.7. The average Bonchev–Trinajstić information content (AvgIpc) is 2.30. The summed E-state index contributed by atoms with van der Waals surface area (Å²) in [6.45, 7) is 5.76. The predicted molar refractivity (Wildman–Crippen MR) is 43.7 cm³/mol. The number of carbonyl (C=O) groups is 1. The molecule has 1 rings (SSSR count). The van der Waals surface area contributed by atoms with Crippen LogP contribution in [0.3, 0.4) is 0 Å². The second-order valence-corrected chi connectivity index (χ2v) is 3.49. The molecule has 1 unspecified atom stereocenters. The largest absolute Gasteiger partial charge is 0.480 e. The van der Waals surface area contributed by atoms with Crippen LogP contribution in [0.5, 0.6) is 0 Å². The maximum absolute atomic E-state index is 10.6. The minimum Gasteiger partial charge on any atom is -0.480 e. The molecule has 1 aliphatic rings. The third-order valence-electron chi connectivity index (χ3n) is 2.05. The first kappa shape index (κ1) is 9.48. The third kappa shape index (κ3) is 1.76. The van der Waals surface area contributed by atoms with E-state index in [1.54, 1.807) is 6.92 Å². The molecule has 12 heavy (non-hydrogen) atoms. The minimum atomic E-state index is -0.842. The van der Waals surface area contributed by atoms with Gasteiger partial charge >= 0.3 is 5.97 Å². The van der Waals surface area contributed by atoms with E-state index in [1.807, 2.05) is 13.8 Å². The molecule has 1 saturated heterocycles. The summed E-state index contributed by atoms with van der Waals surface area (Å²) < 4.78 is 5.40. The number of hydrogen-bond acceptors (Lipinski definition) is 3. The van der Waals surface area contributed by atoms with Gasteiger partial charge in [0.2, 0.25) is 0 Å². The third-order valence-corrected chi connectivity index (χ3v) is 2.05. The van der Waals surface area contributed by atoms with Crippen LogP contribution in [0, 0.1) is 5.92 Å². The number of ether oxygens (including phenoxy) is 1. The summed E-state index contributed by atoms with van der Waals surface area (Å²) in [6.07, 6.45) is -0.365. The van der Waals surface area contributed by atoms with Gasteiger partial charge in [0.25, 0.3) is 0 Å².